The predicted molar refractivity (Wildman–Crippen MR) is 65.9 cm³/mol. The number of hydrogen-bond acceptors (Lipinski definition) is 3. The van der Waals surface area contributed by atoms with Crippen molar-refractivity contribution in [1.29, 1.82) is 0 Å². The summed E-state index contributed by atoms with van der Waals surface area (Å²) < 4.78 is 2.07. The van der Waals surface area contributed by atoms with Crippen molar-refractivity contribution in [2.75, 3.05) is 13.1 Å². The van der Waals surface area contributed by atoms with Crippen LogP contribution < -0.4 is 5.32 Å². The van der Waals surface area contributed by atoms with Crippen LogP contribution in [0.25, 0.3) is 0 Å². The normalized spacial score (nSPS) is 15.1. The molecule has 2 heterocycles. The van der Waals surface area contributed by atoms with Gasteiger partial charge in [0.1, 0.15) is 6.33 Å². The first-order chi connectivity index (χ1) is 7.66. The SMILES string of the molecule is CC(C)CNC(=S)N1CCn2cnnc2C1. The molecular weight excluding hydrogens is 222 g/mol. The van der Waals surface area contributed by atoms with Crippen molar-refractivity contribution >= 4 is 17.3 Å². The second kappa shape index (κ2) is 4.78. The molecule has 1 aliphatic heterocycles. The third kappa shape index (κ3) is 2.49. The molecule has 1 aromatic rings. The third-order valence-electron chi connectivity index (χ3n) is 2.59. The fourth-order valence-corrected chi connectivity index (χ4v) is 1.88. The van der Waals surface area contributed by atoms with E-state index in [1.807, 2.05) is 0 Å². The van der Waals surface area contributed by atoms with Crippen molar-refractivity contribution in [2.45, 2.75) is 26.9 Å². The van der Waals surface area contributed by atoms with E-state index in [4.69, 9.17) is 12.2 Å². The third-order valence-corrected chi connectivity index (χ3v) is 2.99. The Morgan fingerprint density at radius 3 is 3.12 bits per heavy atom. The monoisotopic (exact) mass is 239 g/mol. The van der Waals surface area contributed by atoms with Gasteiger partial charge in [0, 0.05) is 19.6 Å². The summed E-state index contributed by atoms with van der Waals surface area (Å²) in [5, 5.41) is 12.1. The summed E-state index contributed by atoms with van der Waals surface area (Å²) in [6.45, 7) is 7.84. The van der Waals surface area contributed by atoms with Crippen LogP contribution in [0, 0.1) is 5.92 Å². The number of fused-ring (bicyclic) bond motifs is 1. The molecule has 16 heavy (non-hydrogen) atoms. The number of nitrogens with zero attached hydrogens (tertiary/aromatic N) is 4. The van der Waals surface area contributed by atoms with Gasteiger partial charge in [-0.05, 0) is 18.1 Å². The summed E-state index contributed by atoms with van der Waals surface area (Å²) in [7, 11) is 0. The lowest BCUT2D eigenvalue weighted by atomic mass is 10.2. The minimum absolute atomic E-state index is 0.603. The molecule has 0 saturated heterocycles. The van der Waals surface area contributed by atoms with Crippen LogP contribution in [-0.4, -0.2) is 37.9 Å². The van der Waals surface area contributed by atoms with Crippen LogP contribution in [0.3, 0.4) is 0 Å². The molecule has 5 nitrogen and oxygen atoms in total. The summed E-state index contributed by atoms with van der Waals surface area (Å²) in [5.74, 6) is 1.59. The van der Waals surface area contributed by atoms with Crippen LogP contribution in [0.15, 0.2) is 6.33 Å². The standard InChI is InChI=1S/C10H17N5S/c1-8(2)5-11-10(16)14-3-4-15-7-12-13-9(15)6-14/h7-8H,3-6H2,1-2H3,(H,11,16). The van der Waals surface area contributed by atoms with Crippen LogP contribution in [0.4, 0.5) is 0 Å². The molecule has 0 unspecified atom stereocenters. The molecular formula is C10H17N5S. The lowest BCUT2D eigenvalue weighted by Crippen LogP contribution is -2.44. The molecule has 0 amide bonds. The molecule has 1 aliphatic rings. The van der Waals surface area contributed by atoms with Crippen LogP contribution in [0.2, 0.25) is 0 Å². The second-order valence-electron chi connectivity index (χ2n) is 4.44. The fraction of sp³-hybridized carbons (Fsp3) is 0.700. The van der Waals surface area contributed by atoms with Gasteiger partial charge in [-0.15, -0.1) is 10.2 Å². The van der Waals surface area contributed by atoms with E-state index in [0.29, 0.717) is 5.92 Å². The summed E-state index contributed by atoms with van der Waals surface area (Å²) in [5.41, 5.74) is 0. The topological polar surface area (TPSA) is 46.0 Å². The lowest BCUT2D eigenvalue weighted by molar-refractivity contribution is 0.324. The molecule has 0 fully saturated rings. The Bertz CT molecular complexity index is 373. The molecule has 0 radical (unpaired) electrons. The quantitative estimate of drug-likeness (QED) is 0.767. The van der Waals surface area contributed by atoms with Crippen molar-refractivity contribution in [1.82, 2.24) is 25.0 Å². The molecule has 0 spiro atoms. The summed E-state index contributed by atoms with van der Waals surface area (Å²) in [6, 6.07) is 0. The zero-order valence-electron chi connectivity index (χ0n) is 9.68. The first kappa shape index (κ1) is 11.3. The zero-order chi connectivity index (χ0) is 11.5. The molecule has 2 rings (SSSR count). The van der Waals surface area contributed by atoms with Crippen molar-refractivity contribution in [2.24, 2.45) is 5.92 Å². The highest BCUT2D eigenvalue weighted by atomic mass is 32.1. The van der Waals surface area contributed by atoms with Crippen molar-refractivity contribution < 1.29 is 0 Å². The van der Waals surface area contributed by atoms with Gasteiger partial charge in [0.2, 0.25) is 0 Å². The highest BCUT2D eigenvalue weighted by Gasteiger charge is 2.19. The second-order valence-corrected chi connectivity index (χ2v) is 4.83. The Morgan fingerprint density at radius 1 is 1.56 bits per heavy atom. The van der Waals surface area contributed by atoms with E-state index in [9.17, 15) is 0 Å². The Labute approximate surface area is 101 Å². The zero-order valence-corrected chi connectivity index (χ0v) is 10.5. The van der Waals surface area contributed by atoms with Crippen molar-refractivity contribution in [3.05, 3.63) is 12.2 Å². The molecule has 6 heteroatoms. The Balaban J connectivity index is 1.90. The molecule has 1 aromatic heterocycles. The Hall–Kier alpha value is -1.17. The number of hydrogen-bond donors (Lipinski definition) is 1. The van der Waals surface area contributed by atoms with E-state index in [0.717, 1.165) is 37.1 Å². The summed E-state index contributed by atoms with van der Waals surface area (Å²) in [6.07, 6.45) is 1.78. The van der Waals surface area contributed by atoms with E-state index < -0.39 is 0 Å². The van der Waals surface area contributed by atoms with Gasteiger partial charge in [-0.3, -0.25) is 0 Å². The number of nitrogens with one attached hydrogen (secondary N) is 1. The predicted octanol–water partition coefficient (Wildman–Crippen LogP) is 0.624. The molecule has 88 valence electrons. The van der Waals surface area contributed by atoms with E-state index >= 15 is 0 Å². The molecule has 0 saturated carbocycles. The van der Waals surface area contributed by atoms with Gasteiger partial charge in [0.15, 0.2) is 10.9 Å². The highest BCUT2D eigenvalue weighted by molar-refractivity contribution is 7.80. The number of thiocarbonyl (C=S) groups is 1. The molecule has 1 N–H and O–H groups in total. The number of rotatable bonds is 2. The lowest BCUT2D eigenvalue weighted by Gasteiger charge is -2.29. The van der Waals surface area contributed by atoms with Gasteiger partial charge in [0.25, 0.3) is 0 Å². The minimum atomic E-state index is 0.603. The molecule has 0 atom stereocenters. The summed E-state index contributed by atoms with van der Waals surface area (Å²) >= 11 is 5.35. The van der Waals surface area contributed by atoms with Gasteiger partial charge in [-0.2, -0.15) is 0 Å². The maximum absolute atomic E-state index is 5.35. The van der Waals surface area contributed by atoms with E-state index in [-0.39, 0.29) is 0 Å². The van der Waals surface area contributed by atoms with Gasteiger partial charge in [0.05, 0.1) is 6.54 Å². The smallest absolute Gasteiger partial charge is 0.169 e. The first-order valence-corrected chi connectivity index (χ1v) is 5.97. The van der Waals surface area contributed by atoms with E-state index in [1.165, 1.54) is 0 Å². The van der Waals surface area contributed by atoms with Crippen LogP contribution in [0.5, 0.6) is 0 Å². The summed E-state index contributed by atoms with van der Waals surface area (Å²) in [4.78, 5) is 2.14. The maximum atomic E-state index is 5.35. The van der Waals surface area contributed by atoms with Gasteiger partial charge < -0.3 is 14.8 Å². The van der Waals surface area contributed by atoms with Gasteiger partial charge >= 0.3 is 0 Å². The maximum Gasteiger partial charge on any atom is 0.169 e. The number of aromatic nitrogens is 3. The minimum Gasteiger partial charge on any atom is -0.362 e. The molecule has 0 aromatic carbocycles. The Morgan fingerprint density at radius 2 is 2.38 bits per heavy atom. The Kier molecular flexibility index (Phi) is 3.38. The van der Waals surface area contributed by atoms with Gasteiger partial charge in [-0.25, -0.2) is 0 Å². The van der Waals surface area contributed by atoms with E-state index in [1.54, 1.807) is 6.33 Å². The molecule has 0 bridgehead atoms. The van der Waals surface area contributed by atoms with E-state index in [2.05, 4.69) is 38.8 Å². The van der Waals surface area contributed by atoms with Gasteiger partial charge in [-0.1, -0.05) is 13.8 Å². The largest absolute Gasteiger partial charge is 0.362 e. The molecule has 0 aliphatic carbocycles. The average molecular weight is 239 g/mol. The van der Waals surface area contributed by atoms with Crippen LogP contribution in [-0.2, 0) is 13.1 Å². The van der Waals surface area contributed by atoms with Crippen molar-refractivity contribution in [3.8, 4) is 0 Å². The average Bonchev–Trinajstić information content (AvgIpc) is 2.72. The van der Waals surface area contributed by atoms with Crippen LogP contribution in [0.1, 0.15) is 19.7 Å². The van der Waals surface area contributed by atoms with Crippen molar-refractivity contribution in [3.63, 3.8) is 0 Å². The highest BCUT2D eigenvalue weighted by Crippen LogP contribution is 2.09. The fourth-order valence-electron chi connectivity index (χ4n) is 1.64. The van der Waals surface area contributed by atoms with Crippen LogP contribution >= 0.6 is 12.2 Å². The first-order valence-electron chi connectivity index (χ1n) is 5.56.